The molecule has 0 radical (unpaired) electrons. The summed E-state index contributed by atoms with van der Waals surface area (Å²) in [6.07, 6.45) is 1.97. The van der Waals surface area contributed by atoms with Gasteiger partial charge in [0.2, 0.25) is 0 Å². The van der Waals surface area contributed by atoms with Crippen molar-refractivity contribution in [2.45, 2.75) is 25.9 Å². The molecule has 0 aromatic heterocycles. The molecule has 0 saturated carbocycles. The fourth-order valence-electron chi connectivity index (χ4n) is 4.65. The molecule has 2 heterocycles. The molecule has 0 aliphatic carbocycles. The summed E-state index contributed by atoms with van der Waals surface area (Å²) in [5.41, 5.74) is 5.67. The second-order valence-electron chi connectivity index (χ2n) is 8.37. The number of ether oxygens (including phenoxy) is 2. The molecule has 1 fully saturated rings. The lowest BCUT2D eigenvalue weighted by Crippen LogP contribution is -2.47. The van der Waals surface area contributed by atoms with Crippen LogP contribution in [0.5, 0.6) is 5.75 Å². The second-order valence-corrected chi connectivity index (χ2v) is 8.37. The van der Waals surface area contributed by atoms with E-state index in [1.165, 1.54) is 22.4 Å². The molecule has 2 aromatic carbocycles. The number of carbonyl (C=O) groups is 1. The van der Waals surface area contributed by atoms with E-state index in [0.717, 1.165) is 63.5 Å². The van der Waals surface area contributed by atoms with Gasteiger partial charge in [-0.15, -0.1) is 0 Å². The predicted octanol–water partition coefficient (Wildman–Crippen LogP) is 3.19. The smallest absolute Gasteiger partial charge is 0.251 e. The molecule has 1 unspecified atom stereocenters. The zero-order valence-electron chi connectivity index (χ0n) is 18.8. The van der Waals surface area contributed by atoms with Crippen LogP contribution in [0.25, 0.3) is 0 Å². The highest BCUT2D eigenvalue weighted by Gasteiger charge is 2.24. The van der Waals surface area contributed by atoms with Crippen molar-refractivity contribution >= 4 is 11.6 Å². The van der Waals surface area contributed by atoms with E-state index in [4.69, 9.17) is 9.47 Å². The molecular formula is C25H33N3O3. The van der Waals surface area contributed by atoms with Crippen molar-refractivity contribution in [3.8, 4) is 5.75 Å². The molecule has 1 N–H and O–H groups in total. The fourth-order valence-corrected chi connectivity index (χ4v) is 4.65. The first-order valence-corrected chi connectivity index (χ1v) is 11.2. The molecule has 1 atom stereocenters. The summed E-state index contributed by atoms with van der Waals surface area (Å²) < 4.78 is 11.5. The van der Waals surface area contributed by atoms with Crippen LogP contribution in [0.2, 0.25) is 0 Å². The van der Waals surface area contributed by atoms with Gasteiger partial charge in [0.05, 0.1) is 19.8 Å². The van der Waals surface area contributed by atoms with Crippen LogP contribution in [-0.2, 0) is 11.2 Å². The topological polar surface area (TPSA) is 54.0 Å². The second kappa shape index (κ2) is 9.71. The van der Waals surface area contributed by atoms with Gasteiger partial charge in [-0.2, -0.15) is 0 Å². The van der Waals surface area contributed by atoms with E-state index < -0.39 is 0 Å². The first kappa shape index (κ1) is 21.7. The zero-order chi connectivity index (χ0) is 21.8. The summed E-state index contributed by atoms with van der Waals surface area (Å²) in [6.45, 7) is 8.02. The third-order valence-electron chi connectivity index (χ3n) is 6.49. The number of aryl methyl sites for hydroxylation is 1. The predicted molar refractivity (Wildman–Crippen MR) is 123 cm³/mol. The van der Waals surface area contributed by atoms with E-state index >= 15 is 0 Å². The SMILES string of the molecule is CNC(=O)c1ccc2c(c1)CCOC2CCN1CCN(c2ccc(OC)c(C)c2)CC1. The van der Waals surface area contributed by atoms with Gasteiger partial charge < -0.3 is 19.7 Å². The standard InChI is InChI=1S/C25H33N3O3/c1-18-16-21(5-7-23(18)30-3)28-13-11-27(12-14-28)10-8-24-22-6-4-20(25(29)26-2)17-19(22)9-15-31-24/h4-7,16-17,24H,8-15H2,1-3H3,(H,26,29). The molecule has 166 valence electrons. The molecule has 0 spiro atoms. The average Bonchev–Trinajstić information content (AvgIpc) is 2.82. The van der Waals surface area contributed by atoms with Crippen LogP contribution in [0.1, 0.15) is 39.6 Å². The number of nitrogens with zero attached hydrogens (tertiary/aromatic N) is 2. The molecule has 1 amide bonds. The van der Waals surface area contributed by atoms with Crippen molar-refractivity contribution in [3.63, 3.8) is 0 Å². The molecule has 4 rings (SSSR count). The minimum Gasteiger partial charge on any atom is -0.496 e. The Hall–Kier alpha value is -2.57. The van der Waals surface area contributed by atoms with Crippen LogP contribution in [0, 0.1) is 6.92 Å². The maximum atomic E-state index is 11.9. The van der Waals surface area contributed by atoms with E-state index in [1.54, 1.807) is 14.2 Å². The maximum absolute atomic E-state index is 11.9. The summed E-state index contributed by atoms with van der Waals surface area (Å²) in [5.74, 6) is 0.911. The monoisotopic (exact) mass is 423 g/mol. The number of piperazine rings is 1. The minimum absolute atomic E-state index is 0.0317. The summed E-state index contributed by atoms with van der Waals surface area (Å²) in [6, 6.07) is 12.4. The van der Waals surface area contributed by atoms with E-state index in [1.807, 2.05) is 12.1 Å². The molecule has 0 bridgehead atoms. The number of fused-ring (bicyclic) bond motifs is 1. The van der Waals surface area contributed by atoms with Crippen LogP contribution < -0.4 is 15.0 Å². The Labute approximate surface area is 185 Å². The number of carbonyl (C=O) groups excluding carboxylic acids is 1. The van der Waals surface area contributed by atoms with Gasteiger partial charge in [-0.1, -0.05) is 6.07 Å². The van der Waals surface area contributed by atoms with E-state index in [-0.39, 0.29) is 12.0 Å². The largest absolute Gasteiger partial charge is 0.496 e. The highest BCUT2D eigenvalue weighted by Crippen LogP contribution is 2.31. The molecule has 6 heteroatoms. The third kappa shape index (κ3) is 4.86. The van der Waals surface area contributed by atoms with Crippen molar-refractivity contribution in [1.29, 1.82) is 0 Å². The number of rotatable bonds is 6. The number of methoxy groups -OCH3 is 1. The Morgan fingerprint density at radius 1 is 1.16 bits per heavy atom. The highest BCUT2D eigenvalue weighted by atomic mass is 16.5. The Morgan fingerprint density at radius 2 is 1.97 bits per heavy atom. The van der Waals surface area contributed by atoms with Gasteiger partial charge >= 0.3 is 0 Å². The summed E-state index contributed by atoms with van der Waals surface area (Å²) >= 11 is 0. The van der Waals surface area contributed by atoms with Crippen LogP contribution >= 0.6 is 0 Å². The number of anilines is 1. The van der Waals surface area contributed by atoms with Crippen LogP contribution in [0.3, 0.4) is 0 Å². The lowest BCUT2D eigenvalue weighted by molar-refractivity contribution is 0.0288. The molecule has 2 aromatic rings. The number of hydrogen-bond donors (Lipinski definition) is 1. The fraction of sp³-hybridized carbons (Fsp3) is 0.480. The van der Waals surface area contributed by atoms with Gasteiger partial charge in [-0.05, 0) is 66.8 Å². The van der Waals surface area contributed by atoms with E-state index in [0.29, 0.717) is 0 Å². The van der Waals surface area contributed by atoms with Crippen molar-refractivity contribution in [1.82, 2.24) is 10.2 Å². The normalized spacial score (nSPS) is 19.1. The summed E-state index contributed by atoms with van der Waals surface area (Å²) in [7, 11) is 3.39. The summed E-state index contributed by atoms with van der Waals surface area (Å²) in [5, 5.41) is 2.70. The van der Waals surface area contributed by atoms with Gasteiger partial charge in [-0.25, -0.2) is 0 Å². The van der Waals surface area contributed by atoms with Crippen LogP contribution in [0.15, 0.2) is 36.4 Å². The Bertz CT molecular complexity index is 922. The number of hydrogen-bond acceptors (Lipinski definition) is 5. The first-order valence-electron chi connectivity index (χ1n) is 11.2. The Morgan fingerprint density at radius 3 is 2.68 bits per heavy atom. The number of amides is 1. The van der Waals surface area contributed by atoms with Crippen LogP contribution in [-0.4, -0.2) is 64.3 Å². The van der Waals surface area contributed by atoms with Crippen molar-refractivity contribution in [2.24, 2.45) is 0 Å². The van der Waals surface area contributed by atoms with E-state index in [2.05, 4.69) is 46.3 Å². The Balaban J connectivity index is 1.31. The average molecular weight is 424 g/mol. The molecule has 1 saturated heterocycles. The summed E-state index contributed by atoms with van der Waals surface area (Å²) in [4.78, 5) is 16.9. The van der Waals surface area contributed by atoms with Crippen molar-refractivity contribution in [2.75, 3.05) is 58.4 Å². The van der Waals surface area contributed by atoms with Gasteiger partial charge in [-0.3, -0.25) is 9.69 Å². The van der Waals surface area contributed by atoms with E-state index in [9.17, 15) is 4.79 Å². The van der Waals surface area contributed by atoms with Crippen molar-refractivity contribution in [3.05, 3.63) is 58.7 Å². The van der Waals surface area contributed by atoms with Gasteiger partial charge in [0.1, 0.15) is 5.75 Å². The number of nitrogens with one attached hydrogen (secondary N) is 1. The minimum atomic E-state index is -0.0317. The molecule has 31 heavy (non-hydrogen) atoms. The highest BCUT2D eigenvalue weighted by molar-refractivity contribution is 5.94. The van der Waals surface area contributed by atoms with Crippen LogP contribution in [0.4, 0.5) is 5.69 Å². The number of benzene rings is 2. The van der Waals surface area contributed by atoms with Crippen molar-refractivity contribution < 1.29 is 14.3 Å². The Kier molecular flexibility index (Phi) is 6.78. The third-order valence-corrected chi connectivity index (χ3v) is 6.49. The molecular weight excluding hydrogens is 390 g/mol. The maximum Gasteiger partial charge on any atom is 0.251 e. The molecule has 2 aliphatic heterocycles. The molecule has 6 nitrogen and oxygen atoms in total. The molecule has 2 aliphatic rings. The van der Waals surface area contributed by atoms with Gasteiger partial charge in [0.15, 0.2) is 0 Å². The lowest BCUT2D eigenvalue weighted by Gasteiger charge is -2.37. The quantitative estimate of drug-likeness (QED) is 0.773. The lowest BCUT2D eigenvalue weighted by atomic mass is 9.93. The van der Waals surface area contributed by atoms with Gasteiger partial charge in [0, 0.05) is 51.0 Å². The first-order chi connectivity index (χ1) is 15.1. The van der Waals surface area contributed by atoms with Gasteiger partial charge in [0.25, 0.3) is 5.91 Å². The zero-order valence-corrected chi connectivity index (χ0v) is 18.8.